The van der Waals surface area contributed by atoms with Crippen LogP contribution in [0.5, 0.6) is 5.75 Å². The van der Waals surface area contributed by atoms with E-state index in [1.807, 2.05) is 38.1 Å². The third-order valence-corrected chi connectivity index (χ3v) is 4.38. The number of nitrogens with one attached hydrogen (secondary N) is 1. The predicted molar refractivity (Wildman–Crippen MR) is 90.7 cm³/mol. The van der Waals surface area contributed by atoms with Gasteiger partial charge in [-0.05, 0) is 38.0 Å². The molecule has 1 N–H and O–H groups in total. The van der Waals surface area contributed by atoms with Crippen LogP contribution in [0.1, 0.15) is 32.3 Å². The van der Waals surface area contributed by atoms with Gasteiger partial charge < -0.3 is 19.7 Å². The first-order valence-corrected chi connectivity index (χ1v) is 8.30. The number of hydrogen-bond acceptors (Lipinski definition) is 4. The van der Waals surface area contributed by atoms with Crippen molar-refractivity contribution in [2.45, 2.75) is 38.8 Å². The monoisotopic (exact) mass is 334 g/mol. The van der Waals surface area contributed by atoms with E-state index >= 15 is 0 Å². The molecule has 1 saturated heterocycles. The molecule has 6 nitrogen and oxygen atoms in total. The van der Waals surface area contributed by atoms with Gasteiger partial charge in [-0.1, -0.05) is 12.1 Å². The van der Waals surface area contributed by atoms with Crippen molar-refractivity contribution in [2.24, 2.45) is 0 Å². The van der Waals surface area contributed by atoms with E-state index in [9.17, 15) is 9.59 Å². The number of carbonyl (C=O) groups excluding carboxylic acids is 2. The van der Waals surface area contributed by atoms with Gasteiger partial charge in [-0.15, -0.1) is 0 Å². The molecule has 1 aliphatic rings. The zero-order chi connectivity index (χ0) is 17.6. The Morgan fingerprint density at radius 3 is 2.67 bits per heavy atom. The molecule has 0 bridgehead atoms. The van der Waals surface area contributed by atoms with Crippen molar-refractivity contribution in [3.63, 3.8) is 0 Å². The Hall–Kier alpha value is -2.08. The lowest BCUT2D eigenvalue weighted by Gasteiger charge is -2.34. The lowest BCUT2D eigenvalue weighted by molar-refractivity contribution is -0.141. The fraction of sp³-hybridized carbons (Fsp3) is 0.556. The van der Waals surface area contributed by atoms with Crippen LogP contribution < -0.4 is 10.1 Å². The van der Waals surface area contributed by atoms with Crippen LogP contribution in [0.3, 0.4) is 0 Å². The lowest BCUT2D eigenvalue weighted by Crippen LogP contribution is -2.54. The minimum atomic E-state index is -0.816. The van der Waals surface area contributed by atoms with Crippen LogP contribution in [-0.2, 0) is 20.9 Å². The minimum Gasteiger partial charge on any atom is -0.494 e. The number of benzene rings is 1. The molecule has 1 atom stereocenters. The molecule has 0 radical (unpaired) electrons. The van der Waals surface area contributed by atoms with Gasteiger partial charge in [0.15, 0.2) is 0 Å². The average molecular weight is 334 g/mol. The summed E-state index contributed by atoms with van der Waals surface area (Å²) in [6.07, 6.45) is 0.924. The van der Waals surface area contributed by atoms with Gasteiger partial charge >= 0.3 is 0 Å². The largest absolute Gasteiger partial charge is 0.494 e. The van der Waals surface area contributed by atoms with Crippen LogP contribution in [0, 0.1) is 0 Å². The normalized spacial score (nSPS) is 20.3. The first-order chi connectivity index (χ1) is 11.5. The van der Waals surface area contributed by atoms with Gasteiger partial charge in [-0.3, -0.25) is 9.59 Å². The number of amides is 2. The number of nitrogens with zero attached hydrogens (tertiary/aromatic N) is 1. The summed E-state index contributed by atoms with van der Waals surface area (Å²) >= 11 is 0. The van der Waals surface area contributed by atoms with Crippen LogP contribution in [0.2, 0.25) is 0 Å². The van der Waals surface area contributed by atoms with E-state index in [2.05, 4.69) is 5.32 Å². The zero-order valence-electron chi connectivity index (χ0n) is 14.6. The van der Waals surface area contributed by atoms with Crippen LogP contribution in [0.25, 0.3) is 0 Å². The standard InChI is InChI=1S/C18H26N2O4/c1-4-24-15-7-5-14(6-8-15)13-20-16(21)9-10-18(20,2)17(22)19-11-12-23-3/h5-8H,4,9-13H2,1-3H3,(H,19,22)/t18-/m1/s1. The highest BCUT2D eigenvalue weighted by molar-refractivity contribution is 5.94. The molecule has 0 aromatic heterocycles. The highest BCUT2D eigenvalue weighted by Crippen LogP contribution is 2.32. The Labute approximate surface area is 143 Å². The third-order valence-electron chi connectivity index (χ3n) is 4.38. The summed E-state index contributed by atoms with van der Waals surface area (Å²) in [7, 11) is 1.59. The molecule has 1 aliphatic heterocycles. The second-order valence-electron chi connectivity index (χ2n) is 6.08. The van der Waals surface area contributed by atoms with Gasteiger partial charge in [0.25, 0.3) is 0 Å². The summed E-state index contributed by atoms with van der Waals surface area (Å²) in [5.74, 6) is 0.679. The molecule has 2 rings (SSSR count). The van der Waals surface area contributed by atoms with Crippen molar-refractivity contribution in [1.82, 2.24) is 10.2 Å². The second kappa shape index (κ2) is 8.15. The molecule has 6 heteroatoms. The Bertz CT molecular complexity index is 573. The molecule has 24 heavy (non-hydrogen) atoms. The van der Waals surface area contributed by atoms with E-state index in [1.165, 1.54) is 0 Å². The smallest absolute Gasteiger partial charge is 0.245 e. The van der Waals surface area contributed by atoms with Crippen LogP contribution in [-0.4, -0.2) is 49.1 Å². The maximum Gasteiger partial charge on any atom is 0.245 e. The van der Waals surface area contributed by atoms with Crippen LogP contribution in [0.15, 0.2) is 24.3 Å². The summed E-state index contributed by atoms with van der Waals surface area (Å²) in [6.45, 7) is 5.69. The first-order valence-electron chi connectivity index (χ1n) is 8.30. The molecular formula is C18H26N2O4. The number of hydrogen-bond donors (Lipinski definition) is 1. The van der Waals surface area contributed by atoms with Gasteiger partial charge in [-0.25, -0.2) is 0 Å². The maximum absolute atomic E-state index is 12.5. The molecule has 1 heterocycles. The maximum atomic E-state index is 12.5. The Morgan fingerprint density at radius 2 is 2.04 bits per heavy atom. The summed E-state index contributed by atoms with van der Waals surface area (Å²) in [5.41, 5.74) is 0.160. The summed E-state index contributed by atoms with van der Waals surface area (Å²) < 4.78 is 10.4. The van der Waals surface area contributed by atoms with Gasteiger partial charge in [-0.2, -0.15) is 0 Å². The predicted octanol–water partition coefficient (Wildman–Crippen LogP) is 1.73. The average Bonchev–Trinajstić information content (AvgIpc) is 2.86. The van der Waals surface area contributed by atoms with E-state index in [0.29, 0.717) is 39.1 Å². The van der Waals surface area contributed by atoms with E-state index in [4.69, 9.17) is 9.47 Å². The van der Waals surface area contributed by atoms with E-state index < -0.39 is 5.54 Å². The number of rotatable bonds is 8. The summed E-state index contributed by atoms with van der Waals surface area (Å²) in [4.78, 5) is 26.5. The first kappa shape index (κ1) is 18.3. The molecule has 1 fully saturated rings. The molecule has 0 saturated carbocycles. The molecule has 132 valence electrons. The topological polar surface area (TPSA) is 67.9 Å². The van der Waals surface area contributed by atoms with E-state index in [1.54, 1.807) is 12.0 Å². The summed E-state index contributed by atoms with van der Waals surface area (Å²) in [6, 6.07) is 7.63. The molecular weight excluding hydrogens is 308 g/mol. The lowest BCUT2D eigenvalue weighted by atomic mass is 9.97. The molecule has 1 aromatic rings. The van der Waals surface area contributed by atoms with Gasteiger partial charge in [0, 0.05) is 26.6 Å². The third kappa shape index (κ3) is 4.06. The van der Waals surface area contributed by atoms with Crippen molar-refractivity contribution in [1.29, 1.82) is 0 Å². The number of likely N-dealkylation sites (tertiary alicyclic amines) is 1. The van der Waals surface area contributed by atoms with Crippen molar-refractivity contribution in [3.8, 4) is 5.75 Å². The molecule has 0 spiro atoms. The van der Waals surface area contributed by atoms with E-state index in [0.717, 1.165) is 11.3 Å². The van der Waals surface area contributed by atoms with Gasteiger partial charge in [0.1, 0.15) is 11.3 Å². The Kier molecular flexibility index (Phi) is 6.20. The van der Waals surface area contributed by atoms with Crippen molar-refractivity contribution in [3.05, 3.63) is 29.8 Å². The molecule has 0 aliphatic carbocycles. The Balaban J connectivity index is 2.07. The van der Waals surface area contributed by atoms with Crippen LogP contribution in [0.4, 0.5) is 0 Å². The molecule has 0 unspecified atom stereocenters. The fourth-order valence-electron chi connectivity index (χ4n) is 2.89. The molecule has 1 aromatic carbocycles. The van der Waals surface area contributed by atoms with Crippen LogP contribution >= 0.6 is 0 Å². The highest BCUT2D eigenvalue weighted by Gasteiger charge is 2.46. The van der Waals surface area contributed by atoms with Crippen molar-refractivity contribution in [2.75, 3.05) is 26.9 Å². The number of carbonyl (C=O) groups is 2. The number of ether oxygens (including phenoxy) is 2. The second-order valence-corrected chi connectivity index (χ2v) is 6.08. The van der Waals surface area contributed by atoms with Crippen molar-refractivity contribution >= 4 is 11.8 Å². The van der Waals surface area contributed by atoms with Gasteiger partial charge in [0.05, 0.1) is 13.2 Å². The van der Waals surface area contributed by atoms with E-state index in [-0.39, 0.29) is 11.8 Å². The zero-order valence-corrected chi connectivity index (χ0v) is 14.6. The molecule has 2 amide bonds. The highest BCUT2D eigenvalue weighted by atomic mass is 16.5. The summed E-state index contributed by atoms with van der Waals surface area (Å²) in [5, 5.41) is 2.85. The van der Waals surface area contributed by atoms with Gasteiger partial charge in [0.2, 0.25) is 11.8 Å². The minimum absolute atomic E-state index is 0.00766. The SMILES string of the molecule is CCOc1ccc(CN2C(=O)CC[C@]2(C)C(=O)NCCOC)cc1. The number of methoxy groups -OCH3 is 1. The Morgan fingerprint density at radius 1 is 1.33 bits per heavy atom. The quantitative estimate of drug-likeness (QED) is 0.735. The fourth-order valence-corrected chi connectivity index (χ4v) is 2.89. The van der Waals surface area contributed by atoms with Crippen molar-refractivity contribution < 1.29 is 19.1 Å².